The molecule has 0 fully saturated rings. The highest BCUT2D eigenvalue weighted by atomic mass is 16.5. The molecule has 2 aromatic carbocycles. The van der Waals surface area contributed by atoms with Gasteiger partial charge in [0.1, 0.15) is 11.2 Å². The molecule has 17 heavy (non-hydrogen) atoms. The smallest absolute Gasteiger partial charge is 0.337 e. The SMILES string of the molecule is COC(=O)c1ccc2c(c1)oc1ccccc12. The third-order valence-corrected chi connectivity index (χ3v) is 2.80. The molecule has 3 nitrogen and oxygen atoms in total. The van der Waals surface area contributed by atoms with Crippen LogP contribution in [0.3, 0.4) is 0 Å². The molecule has 3 rings (SSSR count). The third-order valence-electron chi connectivity index (χ3n) is 2.80. The molecule has 3 aromatic rings. The molecule has 3 heteroatoms. The number of ether oxygens (including phenoxy) is 1. The minimum Gasteiger partial charge on any atom is -0.465 e. The standard InChI is InChI=1S/C14H10O3/c1-16-14(15)9-6-7-11-10-4-2-3-5-12(10)17-13(11)8-9/h2-8H,1H3. The predicted octanol–water partition coefficient (Wildman–Crippen LogP) is 3.37. The molecule has 0 N–H and O–H groups in total. The van der Waals surface area contributed by atoms with Crippen LogP contribution < -0.4 is 0 Å². The number of fused-ring (bicyclic) bond motifs is 3. The maximum Gasteiger partial charge on any atom is 0.337 e. The maximum absolute atomic E-state index is 11.4. The first-order chi connectivity index (χ1) is 8.29. The van der Waals surface area contributed by atoms with Gasteiger partial charge in [0.15, 0.2) is 0 Å². The van der Waals surface area contributed by atoms with Gasteiger partial charge in [0.2, 0.25) is 0 Å². The minimum absolute atomic E-state index is 0.354. The van der Waals surface area contributed by atoms with Crippen molar-refractivity contribution in [3.8, 4) is 0 Å². The van der Waals surface area contributed by atoms with Crippen molar-refractivity contribution in [3.63, 3.8) is 0 Å². The van der Waals surface area contributed by atoms with Gasteiger partial charge in [-0.3, -0.25) is 0 Å². The van der Waals surface area contributed by atoms with Crippen LogP contribution in [-0.2, 0) is 4.74 Å². The van der Waals surface area contributed by atoms with E-state index in [-0.39, 0.29) is 5.97 Å². The van der Waals surface area contributed by atoms with Crippen LogP contribution in [0.1, 0.15) is 10.4 Å². The molecule has 1 aromatic heterocycles. The second kappa shape index (κ2) is 3.63. The van der Waals surface area contributed by atoms with Crippen molar-refractivity contribution in [2.45, 2.75) is 0 Å². The van der Waals surface area contributed by atoms with E-state index in [2.05, 4.69) is 4.74 Å². The van der Waals surface area contributed by atoms with E-state index < -0.39 is 0 Å². The fraction of sp³-hybridized carbons (Fsp3) is 0.0714. The highest BCUT2D eigenvalue weighted by Gasteiger charge is 2.10. The molecule has 0 saturated heterocycles. The lowest BCUT2D eigenvalue weighted by molar-refractivity contribution is 0.0601. The Kier molecular flexibility index (Phi) is 2.11. The number of hydrogen-bond acceptors (Lipinski definition) is 3. The molecule has 0 saturated carbocycles. The van der Waals surface area contributed by atoms with Gasteiger partial charge in [-0.1, -0.05) is 18.2 Å². The zero-order valence-electron chi connectivity index (χ0n) is 9.27. The Hall–Kier alpha value is -2.29. The van der Waals surface area contributed by atoms with E-state index in [1.165, 1.54) is 7.11 Å². The lowest BCUT2D eigenvalue weighted by atomic mass is 10.1. The Labute approximate surface area is 97.6 Å². The van der Waals surface area contributed by atoms with Gasteiger partial charge in [0, 0.05) is 10.8 Å². The number of methoxy groups -OCH3 is 1. The number of hydrogen-bond donors (Lipinski definition) is 0. The summed E-state index contributed by atoms with van der Waals surface area (Å²) >= 11 is 0. The number of benzene rings is 2. The van der Waals surface area contributed by atoms with E-state index in [4.69, 9.17) is 4.42 Å². The zero-order valence-corrected chi connectivity index (χ0v) is 9.27. The van der Waals surface area contributed by atoms with E-state index >= 15 is 0 Å². The van der Waals surface area contributed by atoms with Gasteiger partial charge in [0.25, 0.3) is 0 Å². The summed E-state index contributed by atoms with van der Waals surface area (Å²) in [5.74, 6) is -0.354. The Morgan fingerprint density at radius 1 is 1.06 bits per heavy atom. The quantitative estimate of drug-likeness (QED) is 0.597. The third kappa shape index (κ3) is 1.47. The first-order valence-corrected chi connectivity index (χ1v) is 5.29. The molecule has 0 spiro atoms. The fourth-order valence-corrected chi connectivity index (χ4v) is 1.97. The van der Waals surface area contributed by atoms with Crippen molar-refractivity contribution in [3.05, 3.63) is 48.0 Å². The van der Waals surface area contributed by atoms with Crippen molar-refractivity contribution < 1.29 is 13.9 Å². The molecule has 0 amide bonds. The van der Waals surface area contributed by atoms with Crippen LogP contribution in [0, 0.1) is 0 Å². The van der Waals surface area contributed by atoms with Crippen LogP contribution in [-0.4, -0.2) is 13.1 Å². The van der Waals surface area contributed by atoms with Gasteiger partial charge in [-0.05, 0) is 24.3 Å². The number of carbonyl (C=O) groups excluding carboxylic acids is 1. The van der Waals surface area contributed by atoms with Gasteiger partial charge in [-0.15, -0.1) is 0 Å². The van der Waals surface area contributed by atoms with Crippen molar-refractivity contribution in [2.75, 3.05) is 7.11 Å². The summed E-state index contributed by atoms with van der Waals surface area (Å²) in [7, 11) is 1.37. The molecule has 1 heterocycles. The lowest BCUT2D eigenvalue weighted by Crippen LogP contribution is -1.99. The van der Waals surface area contributed by atoms with Gasteiger partial charge < -0.3 is 9.15 Å². The van der Waals surface area contributed by atoms with E-state index in [0.29, 0.717) is 11.1 Å². The van der Waals surface area contributed by atoms with Crippen molar-refractivity contribution in [1.82, 2.24) is 0 Å². The van der Waals surface area contributed by atoms with Crippen molar-refractivity contribution in [1.29, 1.82) is 0 Å². The van der Waals surface area contributed by atoms with Crippen LogP contribution in [0.15, 0.2) is 46.9 Å². The van der Waals surface area contributed by atoms with E-state index in [9.17, 15) is 4.79 Å². The van der Waals surface area contributed by atoms with Gasteiger partial charge >= 0.3 is 5.97 Å². The average molecular weight is 226 g/mol. The predicted molar refractivity (Wildman–Crippen MR) is 65.1 cm³/mol. The van der Waals surface area contributed by atoms with Gasteiger partial charge in [0.05, 0.1) is 12.7 Å². The van der Waals surface area contributed by atoms with Crippen LogP contribution in [0.25, 0.3) is 21.9 Å². The van der Waals surface area contributed by atoms with E-state index in [1.807, 2.05) is 30.3 Å². The topological polar surface area (TPSA) is 39.4 Å². The molecular weight excluding hydrogens is 216 g/mol. The monoisotopic (exact) mass is 226 g/mol. The second-order valence-corrected chi connectivity index (χ2v) is 3.80. The number of furan rings is 1. The van der Waals surface area contributed by atoms with Crippen LogP contribution in [0.5, 0.6) is 0 Å². The molecule has 0 aliphatic carbocycles. The molecule has 0 aliphatic rings. The maximum atomic E-state index is 11.4. The Bertz CT molecular complexity index is 710. The normalized spacial score (nSPS) is 10.9. The molecule has 0 radical (unpaired) electrons. The summed E-state index contributed by atoms with van der Waals surface area (Å²) in [5.41, 5.74) is 2.03. The first kappa shape index (κ1) is 9.90. The number of esters is 1. The van der Waals surface area contributed by atoms with Gasteiger partial charge in [-0.25, -0.2) is 4.79 Å². The molecular formula is C14H10O3. The molecule has 0 bridgehead atoms. The molecule has 0 unspecified atom stereocenters. The molecule has 0 atom stereocenters. The summed E-state index contributed by atoms with van der Waals surface area (Å²) in [6.07, 6.45) is 0. The summed E-state index contributed by atoms with van der Waals surface area (Å²) in [6, 6.07) is 13.1. The van der Waals surface area contributed by atoms with Gasteiger partial charge in [-0.2, -0.15) is 0 Å². The van der Waals surface area contributed by atoms with Crippen molar-refractivity contribution in [2.24, 2.45) is 0 Å². The molecule has 0 aliphatic heterocycles. The Morgan fingerprint density at radius 3 is 2.65 bits per heavy atom. The highest BCUT2D eigenvalue weighted by molar-refractivity contribution is 6.06. The second-order valence-electron chi connectivity index (χ2n) is 3.80. The van der Waals surface area contributed by atoms with E-state index in [0.717, 1.165) is 16.4 Å². The zero-order chi connectivity index (χ0) is 11.8. The average Bonchev–Trinajstić information content (AvgIpc) is 2.75. The summed E-state index contributed by atoms with van der Waals surface area (Å²) in [5, 5.41) is 2.06. The summed E-state index contributed by atoms with van der Waals surface area (Å²) in [6.45, 7) is 0. The van der Waals surface area contributed by atoms with Crippen LogP contribution in [0.2, 0.25) is 0 Å². The summed E-state index contributed by atoms with van der Waals surface area (Å²) < 4.78 is 10.4. The number of rotatable bonds is 1. The number of para-hydroxylation sites is 1. The van der Waals surface area contributed by atoms with Crippen molar-refractivity contribution >= 4 is 27.9 Å². The first-order valence-electron chi connectivity index (χ1n) is 5.29. The van der Waals surface area contributed by atoms with Crippen LogP contribution in [0.4, 0.5) is 0 Å². The highest BCUT2D eigenvalue weighted by Crippen LogP contribution is 2.29. The Morgan fingerprint density at radius 2 is 1.82 bits per heavy atom. The number of carbonyl (C=O) groups is 1. The summed E-state index contributed by atoms with van der Waals surface area (Å²) in [4.78, 5) is 11.4. The molecule has 84 valence electrons. The van der Waals surface area contributed by atoms with Crippen LogP contribution >= 0.6 is 0 Å². The Balaban J connectivity index is 2.30. The lowest BCUT2D eigenvalue weighted by Gasteiger charge is -1.97. The minimum atomic E-state index is -0.354. The fourth-order valence-electron chi connectivity index (χ4n) is 1.97. The van der Waals surface area contributed by atoms with E-state index in [1.54, 1.807) is 12.1 Å². The largest absolute Gasteiger partial charge is 0.465 e.